The average Bonchev–Trinajstić information content (AvgIpc) is 3.46. The molecular formula is C30H40N4O8+2. The van der Waals surface area contributed by atoms with E-state index in [2.05, 4.69) is 0 Å². The predicted octanol–water partition coefficient (Wildman–Crippen LogP) is -1.33. The third-order valence-electron chi connectivity index (χ3n) is 9.00. The van der Waals surface area contributed by atoms with Gasteiger partial charge in [0.15, 0.2) is 12.1 Å². The number of nitrogens with one attached hydrogen (secondary N) is 2. The first-order valence-electron chi connectivity index (χ1n) is 15.1. The van der Waals surface area contributed by atoms with Crippen LogP contribution in [0, 0.1) is 11.8 Å². The van der Waals surface area contributed by atoms with Crippen molar-refractivity contribution in [2.75, 3.05) is 49.2 Å². The lowest BCUT2D eigenvalue weighted by molar-refractivity contribution is -0.922. The topological polar surface area (TPSA) is 136 Å². The molecule has 0 spiro atoms. The van der Waals surface area contributed by atoms with Crippen molar-refractivity contribution in [1.82, 2.24) is 0 Å². The predicted molar refractivity (Wildman–Crippen MR) is 148 cm³/mol. The summed E-state index contributed by atoms with van der Waals surface area (Å²) in [5, 5.41) is 0. The fourth-order valence-corrected chi connectivity index (χ4v) is 6.94. The normalized spacial score (nSPS) is 30.1. The highest BCUT2D eigenvalue weighted by molar-refractivity contribution is 6.23. The summed E-state index contributed by atoms with van der Waals surface area (Å²) in [6.07, 6.45) is 3.08. The number of likely N-dealkylation sites (tertiary alicyclic amines) is 2. The van der Waals surface area contributed by atoms with E-state index in [1.54, 1.807) is 38.1 Å². The Morgan fingerprint density at radius 2 is 1.10 bits per heavy atom. The van der Waals surface area contributed by atoms with Crippen LogP contribution >= 0.6 is 0 Å². The van der Waals surface area contributed by atoms with Gasteiger partial charge >= 0.3 is 11.9 Å². The van der Waals surface area contributed by atoms with Crippen LogP contribution in [-0.2, 0) is 38.2 Å². The first-order chi connectivity index (χ1) is 20.2. The van der Waals surface area contributed by atoms with Crippen molar-refractivity contribution in [3.63, 3.8) is 0 Å². The van der Waals surface area contributed by atoms with E-state index in [9.17, 15) is 28.8 Å². The zero-order valence-corrected chi connectivity index (χ0v) is 24.3. The Balaban J connectivity index is 1.25. The fourth-order valence-electron chi connectivity index (χ4n) is 6.94. The zero-order chi connectivity index (χ0) is 30.0. The quantitative estimate of drug-likeness (QED) is 0.283. The molecule has 1 aromatic rings. The number of rotatable bonds is 8. The standard InChI is InChI=1S/C30H38N4O8/c1-3-41-29(39)19-7-5-13-31(17-19)23-15-25(35)33(27(23)37)21-9-11-22(12-10-21)34-26(36)16-24(28(34)38)32-14-6-8-20(18-32)30(40)42-4-2/h9-12,19-20,23-24H,3-8,13-18H2,1-2H3/p+2/t19-,20+,23-,24+. The third kappa shape index (κ3) is 5.82. The number of amides is 4. The Hall–Kier alpha value is -3.64. The molecule has 4 aliphatic rings. The van der Waals surface area contributed by atoms with Crippen molar-refractivity contribution < 1.29 is 48.0 Å². The van der Waals surface area contributed by atoms with Crippen molar-refractivity contribution in [2.24, 2.45) is 11.8 Å². The number of carbonyl (C=O) groups excluding carboxylic acids is 6. The number of imide groups is 2. The van der Waals surface area contributed by atoms with Gasteiger partial charge in [0, 0.05) is 0 Å². The molecule has 1 aromatic carbocycles. The summed E-state index contributed by atoms with van der Waals surface area (Å²) < 4.78 is 10.4. The van der Waals surface area contributed by atoms with Crippen LogP contribution in [0.15, 0.2) is 24.3 Å². The molecule has 4 saturated heterocycles. The van der Waals surface area contributed by atoms with Gasteiger partial charge in [-0.1, -0.05) is 0 Å². The van der Waals surface area contributed by atoms with E-state index < -0.39 is 12.1 Å². The third-order valence-corrected chi connectivity index (χ3v) is 9.00. The number of hydrogen-bond donors (Lipinski definition) is 2. The smallest absolute Gasteiger partial charge is 0.314 e. The van der Waals surface area contributed by atoms with Gasteiger partial charge in [-0.15, -0.1) is 0 Å². The van der Waals surface area contributed by atoms with E-state index in [0.29, 0.717) is 63.6 Å². The molecular weight excluding hydrogens is 544 g/mol. The molecule has 2 unspecified atom stereocenters. The Morgan fingerprint density at radius 3 is 1.45 bits per heavy atom. The summed E-state index contributed by atoms with van der Waals surface area (Å²) in [6, 6.07) is 5.20. The van der Waals surface area contributed by atoms with Crippen LogP contribution in [-0.4, -0.2) is 87.0 Å². The second kappa shape index (κ2) is 12.7. The molecule has 0 bridgehead atoms. The maximum atomic E-state index is 13.4. The maximum Gasteiger partial charge on any atom is 0.314 e. The second-order valence-corrected chi connectivity index (χ2v) is 11.6. The number of benzene rings is 1. The lowest BCUT2D eigenvalue weighted by Gasteiger charge is -2.31. The van der Waals surface area contributed by atoms with Crippen LogP contribution in [0.25, 0.3) is 0 Å². The highest BCUT2D eigenvalue weighted by atomic mass is 16.5. The minimum Gasteiger partial charge on any atom is -0.466 e. The van der Waals surface area contributed by atoms with Gasteiger partial charge in [-0.2, -0.15) is 0 Å². The summed E-state index contributed by atoms with van der Waals surface area (Å²) in [4.78, 5) is 81.5. The molecule has 4 fully saturated rings. The number of quaternary nitrogens is 2. The van der Waals surface area contributed by atoms with Crippen LogP contribution in [0.3, 0.4) is 0 Å². The van der Waals surface area contributed by atoms with Gasteiger partial charge in [-0.25, -0.2) is 9.80 Å². The molecule has 4 amide bonds. The minimum absolute atomic E-state index is 0.0572. The molecule has 0 aromatic heterocycles. The highest BCUT2D eigenvalue weighted by Crippen LogP contribution is 2.28. The van der Waals surface area contributed by atoms with E-state index in [1.807, 2.05) is 0 Å². The monoisotopic (exact) mass is 584 g/mol. The van der Waals surface area contributed by atoms with Crippen molar-refractivity contribution >= 4 is 46.9 Å². The van der Waals surface area contributed by atoms with Crippen LogP contribution in [0.5, 0.6) is 0 Å². The van der Waals surface area contributed by atoms with E-state index >= 15 is 0 Å². The molecule has 42 heavy (non-hydrogen) atoms. The van der Waals surface area contributed by atoms with Crippen molar-refractivity contribution in [3.8, 4) is 0 Å². The first kappa shape index (κ1) is 29.8. The molecule has 12 nitrogen and oxygen atoms in total. The van der Waals surface area contributed by atoms with Crippen molar-refractivity contribution in [2.45, 2.75) is 64.5 Å². The largest absolute Gasteiger partial charge is 0.466 e. The van der Waals surface area contributed by atoms with Crippen LogP contribution < -0.4 is 19.6 Å². The fraction of sp³-hybridized carbons (Fsp3) is 0.600. The van der Waals surface area contributed by atoms with E-state index in [0.717, 1.165) is 22.6 Å². The summed E-state index contributed by atoms with van der Waals surface area (Å²) in [5.41, 5.74) is 0.758. The van der Waals surface area contributed by atoms with E-state index in [-0.39, 0.29) is 60.2 Å². The van der Waals surface area contributed by atoms with Crippen LogP contribution in [0.1, 0.15) is 52.4 Å². The first-order valence-corrected chi connectivity index (χ1v) is 15.1. The minimum atomic E-state index is -0.567. The van der Waals surface area contributed by atoms with Crippen molar-refractivity contribution in [1.29, 1.82) is 0 Å². The van der Waals surface area contributed by atoms with Crippen LogP contribution in [0.4, 0.5) is 11.4 Å². The summed E-state index contributed by atoms with van der Waals surface area (Å²) in [6.45, 7) is 6.45. The zero-order valence-electron chi connectivity index (χ0n) is 24.3. The van der Waals surface area contributed by atoms with Gasteiger partial charge in [0.2, 0.25) is 11.8 Å². The molecule has 4 aliphatic heterocycles. The van der Waals surface area contributed by atoms with Gasteiger partial charge < -0.3 is 19.3 Å². The number of anilines is 2. The maximum absolute atomic E-state index is 13.4. The molecule has 0 aliphatic carbocycles. The lowest BCUT2D eigenvalue weighted by atomic mass is 9.96. The Bertz CT molecular complexity index is 1160. The van der Waals surface area contributed by atoms with Gasteiger partial charge in [0.25, 0.3) is 11.8 Å². The number of ether oxygens (including phenoxy) is 2. The van der Waals surface area contributed by atoms with Gasteiger partial charge in [-0.3, -0.25) is 28.8 Å². The Kier molecular flexibility index (Phi) is 9.02. The molecule has 12 heteroatoms. The second-order valence-electron chi connectivity index (χ2n) is 11.6. The molecule has 2 N–H and O–H groups in total. The van der Waals surface area contributed by atoms with Crippen molar-refractivity contribution in [3.05, 3.63) is 24.3 Å². The molecule has 6 atom stereocenters. The summed E-state index contributed by atoms with van der Waals surface area (Å²) >= 11 is 0. The number of carbonyl (C=O) groups is 6. The Labute approximate surface area is 244 Å². The molecule has 0 saturated carbocycles. The number of nitrogens with zero attached hydrogens (tertiary/aromatic N) is 2. The lowest BCUT2D eigenvalue weighted by Crippen LogP contribution is -3.18. The van der Waals surface area contributed by atoms with E-state index in [4.69, 9.17) is 9.47 Å². The average molecular weight is 585 g/mol. The molecule has 226 valence electrons. The van der Waals surface area contributed by atoms with Gasteiger partial charge in [-0.05, 0) is 63.8 Å². The molecule has 5 rings (SSSR count). The molecule has 0 radical (unpaired) electrons. The van der Waals surface area contributed by atoms with Crippen LogP contribution in [0.2, 0.25) is 0 Å². The summed E-state index contributed by atoms with van der Waals surface area (Å²) in [5.74, 6) is -2.35. The Morgan fingerprint density at radius 1 is 0.714 bits per heavy atom. The van der Waals surface area contributed by atoms with Gasteiger partial charge in [0.1, 0.15) is 11.8 Å². The number of hydrogen-bond acceptors (Lipinski definition) is 8. The highest BCUT2D eigenvalue weighted by Gasteiger charge is 2.49. The SMILES string of the molecule is CCOC(=O)[C@@H]1CCC[NH+]([C@@H]2CC(=O)N(c3ccc(N4C(=O)C[C@H]([NH+]5CCC[C@H](C(=O)OCC)C5)C4=O)cc3)C2=O)C1. The van der Waals surface area contributed by atoms with E-state index in [1.165, 1.54) is 9.80 Å². The number of esters is 2. The van der Waals surface area contributed by atoms with Gasteiger partial charge in [0.05, 0.1) is 63.6 Å². The summed E-state index contributed by atoms with van der Waals surface area (Å²) in [7, 11) is 0. The molecule has 4 heterocycles. The number of piperidine rings is 2.